The molecule has 1 saturated heterocycles. The van der Waals surface area contributed by atoms with Crippen LogP contribution in [0.15, 0.2) is 34.9 Å². The van der Waals surface area contributed by atoms with Crippen LogP contribution in [0.1, 0.15) is 17.6 Å². The molecule has 1 aliphatic rings. The standard InChI is InChI=1S/C17H20BrN5/c1-13-20-16(17(18)21(13)2)15(12-19)23-10-8-22(9-11-23)14-6-4-3-5-7-14/h3-7,15H,8-11H2,1-2H3. The van der Waals surface area contributed by atoms with Crippen molar-refractivity contribution >= 4 is 21.6 Å². The van der Waals surface area contributed by atoms with Gasteiger partial charge >= 0.3 is 0 Å². The SMILES string of the molecule is Cc1nc(C(C#N)N2CCN(c3ccccc3)CC2)c(Br)n1C. The van der Waals surface area contributed by atoms with Gasteiger partial charge in [-0.05, 0) is 35.0 Å². The smallest absolute Gasteiger partial charge is 0.143 e. The van der Waals surface area contributed by atoms with Crippen LogP contribution in [0.2, 0.25) is 0 Å². The first-order valence-electron chi connectivity index (χ1n) is 7.74. The number of benzene rings is 1. The van der Waals surface area contributed by atoms with Crippen molar-refractivity contribution in [1.29, 1.82) is 5.26 Å². The molecule has 1 aromatic heterocycles. The highest BCUT2D eigenvalue weighted by atomic mass is 79.9. The second-order valence-electron chi connectivity index (χ2n) is 5.78. The Kier molecular flexibility index (Phi) is 4.69. The second-order valence-corrected chi connectivity index (χ2v) is 6.54. The van der Waals surface area contributed by atoms with E-state index in [9.17, 15) is 5.26 Å². The van der Waals surface area contributed by atoms with Crippen LogP contribution in [-0.4, -0.2) is 40.6 Å². The average Bonchev–Trinajstić information content (AvgIpc) is 2.85. The number of piperazine rings is 1. The lowest BCUT2D eigenvalue weighted by Gasteiger charge is -2.37. The largest absolute Gasteiger partial charge is 0.369 e. The van der Waals surface area contributed by atoms with Crippen LogP contribution in [0.4, 0.5) is 5.69 Å². The molecule has 0 N–H and O–H groups in total. The first-order chi connectivity index (χ1) is 11.1. The lowest BCUT2D eigenvalue weighted by molar-refractivity contribution is 0.219. The van der Waals surface area contributed by atoms with Crippen molar-refractivity contribution in [2.75, 3.05) is 31.1 Å². The fourth-order valence-electron chi connectivity index (χ4n) is 2.98. The summed E-state index contributed by atoms with van der Waals surface area (Å²) in [5, 5.41) is 9.66. The van der Waals surface area contributed by atoms with Crippen molar-refractivity contribution in [2.24, 2.45) is 7.05 Å². The van der Waals surface area contributed by atoms with E-state index in [2.05, 4.69) is 61.0 Å². The summed E-state index contributed by atoms with van der Waals surface area (Å²) in [7, 11) is 1.96. The van der Waals surface area contributed by atoms with Gasteiger partial charge in [0.05, 0.1) is 6.07 Å². The number of anilines is 1. The zero-order chi connectivity index (χ0) is 16.4. The molecular formula is C17H20BrN5. The summed E-state index contributed by atoms with van der Waals surface area (Å²) in [5.74, 6) is 0.912. The zero-order valence-corrected chi connectivity index (χ0v) is 15.0. The molecule has 23 heavy (non-hydrogen) atoms. The van der Waals surface area contributed by atoms with Crippen LogP contribution in [0.3, 0.4) is 0 Å². The molecule has 0 saturated carbocycles. The summed E-state index contributed by atoms with van der Waals surface area (Å²) in [6.45, 7) is 5.51. The van der Waals surface area contributed by atoms with Gasteiger partial charge < -0.3 is 9.47 Å². The second kappa shape index (κ2) is 6.73. The summed E-state index contributed by atoms with van der Waals surface area (Å²) in [6.07, 6.45) is 0. The molecule has 1 aliphatic heterocycles. The number of para-hydroxylation sites is 1. The monoisotopic (exact) mass is 373 g/mol. The Morgan fingerprint density at radius 1 is 1.17 bits per heavy atom. The first-order valence-corrected chi connectivity index (χ1v) is 8.53. The number of halogens is 1. The fourth-order valence-corrected chi connectivity index (χ4v) is 3.54. The minimum atomic E-state index is -0.304. The predicted molar refractivity (Wildman–Crippen MR) is 94.2 cm³/mol. The van der Waals surface area contributed by atoms with E-state index in [0.29, 0.717) is 0 Å². The minimum Gasteiger partial charge on any atom is -0.369 e. The maximum atomic E-state index is 9.66. The molecule has 0 radical (unpaired) electrons. The summed E-state index contributed by atoms with van der Waals surface area (Å²) in [5.41, 5.74) is 2.07. The quantitative estimate of drug-likeness (QED) is 0.829. The number of nitrogens with zero attached hydrogens (tertiary/aromatic N) is 5. The van der Waals surface area contributed by atoms with Gasteiger partial charge in [0.15, 0.2) is 0 Å². The molecule has 5 nitrogen and oxygen atoms in total. The zero-order valence-electron chi connectivity index (χ0n) is 13.4. The number of imidazole rings is 1. The predicted octanol–water partition coefficient (Wildman–Crippen LogP) is 2.88. The summed E-state index contributed by atoms with van der Waals surface area (Å²) >= 11 is 3.57. The Balaban J connectivity index is 1.73. The molecule has 3 rings (SSSR count). The van der Waals surface area contributed by atoms with Crippen LogP contribution >= 0.6 is 15.9 Å². The van der Waals surface area contributed by atoms with Gasteiger partial charge in [-0.15, -0.1) is 0 Å². The Bertz CT molecular complexity index is 711. The Morgan fingerprint density at radius 2 is 1.83 bits per heavy atom. The molecule has 0 aliphatic carbocycles. The van der Waals surface area contributed by atoms with Gasteiger partial charge in [-0.2, -0.15) is 5.26 Å². The highest BCUT2D eigenvalue weighted by molar-refractivity contribution is 9.10. The van der Waals surface area contributed by atoms with Crippen molar-refractivity contribution < 1.29 is 0 Å². The molecule has 1 atom stereocenters. The van der Waals surface area contributed by atoms with Gasteiger partial charge in [0, 0.05) is 38.9 Å². The number of aryl methyl sites for hydroxylation is 1. The molecule has 120 valence electrons. The Labute approximate surface area is 145 Å². The van der Waals surface area contributed by atoms with Crippen molar-refractivity contribution in [3.63, 3.8) is 0 Å². The minimum absolute atomic E-state index is 0.304. The topological polar surface area (TPSA) is 48.1 Å². The number of nitriles is 1. The average molecular weight is 374 g/mol. The van der Waals surface area contributed by atoms with Crippen LogP contribution in [0, 0.1) is 18.3 Å². The fraction of sp³-hybridized carbons (Fsp3) is 0.412. The van der Waals surface area contributed by atoms with Gasteiger partial charge in [-0.25, -0.2) is 4.98 Å². The third-order valence-corrected chi connectivity index (χ3v) is 5.39. The van der Waals surface area contributed by atoms with Crippen LogP contribution in [-0.2, 0) is 7.05 Å². The highest BCUT2D eigenvalue weighted by Crippen LogP contribution is 2.28. The van der Waals surface area contributed by atoms with Crippen LogP contribution in [0.25, 0.3) is 0 Å². The van der Waals surface area contributed by atoms with E-state index in [0.717, 1.165) is 42.3 Å². The maximum absolute atomic E-state index is 9.66. The van der Waals surface area contributed by atoms with E-state index < -0.39 is 0 Å². The Morgan fingerprint density at radius 3 is 2.35 bits per heavy atom. The lowest BCUT2D eigenvalue weighted by Crippen LogP contribution is -2.47. The third kappa shape index (κ3) is 3.12. The van der Waals surface area contributed by atoms with Gasteiger partial charge in [-0.3, -0.25) is 4.90 Å². The molecule has 1 unspecified atom stereocenters. The Hall–Kier alpha value is -1.84. The highest BCUT2D eigenvalue weighted by Gasteiger charge is 2.29. The summed E-state index contributed by atoms with van der Waals surface area (Å²) < 4.78 is 2.87. The van der Waals surface area contributed by atoms with Gasteiger partial charge in [0.2, 0.25) is 0 Å². The molecule has 0 spiro atoms. The number of rotatable bonds is 3. The molecule has 2 aromatic rings. The summed E-state index contributed by atoms with van der Waals surface area (Å²) in [4.78, 5) is 9.15. The van der Waals surface area contributed by atoms with Crippen molar-refractivity contribution in [3.05, 3.63) is 46.5 Å². The van der Waals surface area contributed by atoms with Crippen molar-refractivity contribution in [3.8, 4) is 6.07 Å². The molecule has 1 fully saturated rings. The van der Waals surface area contributed by atoms with E-state index in [1.165, 1.54) is 5.69 Å². The normalized spacial score (nSPS) is 17.0. The van der Waals surface area contributed by atoms with Crippen LogP contribution < -0.4 is 4.90 Å². The molecule has 0 amide bonds. The number of aromatic nitrogens is 2. The first kappa shape index (κ1) is 16.0. The van der Waals surface area contributed by atoms with E-state index in [4.69, 9.17) is 0 Å². The molecule has 0 bridgehead atoms. The third-order valence-electron chi connectivity index (χ3n) is 4.46. The lowest BCUT2D eigenvalue weighted by atomic mass is 10.1. The van der Waals surface area contributed by atoms with Gasteiger partial charge in [-0.1, -0.05) is 18.2 Å². The van der Waals surface area contributed by atoms with Crippen LogP contribution in [0.5, 0.6) is 0 Å². The maximum Gasteiger partial charge on any atom is 0.143 e. The van der Waals surface area contributed by atoms with E-state index in [1.54, 1.807) is 0 Å². The molecule has 1 aromatic carbocycles. The van der Waals surface area contributed by atoms with E-state index in [-0.39, 0.29) is 6.04 Å². The van der Waals surface area contributed by atoms with E-state index in [1.807, 2.05) is 24.6 Å². The van der Waals surface area contributed by atoms with Crippen molar-refractivity contribution in [2.45, 2.75) is 13.0 Å². The summed E-state index contributed by atoms with van der Waals surface area (Å²) in [6, 6.07) is 12.6. The number of hydrogen-bond acceptors (Lipinski definition) is 4. The molecule has 2 heterocycles. The molecular weight excluding hydrogens is 354 g/mol. The van der Waals surface area contributed by atoms with Crippen molar-refractivity contribution in [1.82, 2.24) is 14.5 Å². The van der Waals surface area contributed by atoms with Gasteiger partial charge in [0.1, 0.15) is 22.2 Å². The number of hydrogen-bond donors (Lipinski definition) is 0. The van der Waals surface area contributed by atoms with Gasteiger partial charge in [0.25, 0.3) is 0 Å². The van der Waals surface area contributed by atoms with E-state index >= 15 is 0 Å². The molecule has 6 heteroatoms.